The summed E-state index contributed by atoms with van der Waals surface area (Å²) in [7, 11) is 0. The zero-order valence-corrected chi connectivity index (χ0v) is 15.7. The van der Waals surface area contributed by atoms with E-state index in [1.54, 1.807) is 12.1 Å². The van der Waals surface area contributed by atoms with Crippen LogP contribution < -0.4 is 0 Å². The van der Waals surface area contributed by atoms with Crippen LogP contribution in [0.25, 0.3) is 0 Å². The van der Waals surface area contributed by atoms with Crippen LogP contribution in [0.2, 0.25) is 0 Å². The second-order valence-corrected chi connectivity index (χ2v) is 8.47. The Hall–Kier alpha value is -1.42. The lowest BCUT2D eigenvalue weighted by Crippen LogP contribution is -2.49. The number of benzene rings is 1. The molecule has 2 aliphatic carbocycles. The third-order valence-corrected chi connectivity index (χ3v) is 6.31. The van der Waals surface area contributed by atoms with Crippen molar-refractivity contribution in [2.75, 3.05) is 13.1 Å². The van der Waals surface area contributed by atoms with E-state index in [1.807, 2.05) is 6.07 Å². The van der Waals surface area contributed by atoms with Crippen molar-refractivity contribution in [1.82, 2.24) is 9.80 Å². The molecule has 26 heavy (non-hydrogen) atoms. The Morgan fingerprint density at radius 3 is 2.54 bits per heavy atom. The van der Waals surface area contributed by atoms with E-state index < -0.39 is 0 Å². The monoisotopic (exact) mass is 358 g/mol. The third-order valence-electron chi connectivity index (χ3n) is 6.31. The molecule has 0 bridgehead atoms. The van der Waals surface area contributed by atoms with Gasteiger partial charge in [-0.1, -0.05) is 31.4 Å². The topological polar surface area (TPSA) is 23.6 Å². The lowest BCUT2D eigenvalue weighted by molar-refractivity contribution is -0.141. The van der Waals surface area contributed by atoms with Gasteiger partial charge in [0.25, 0.3) is 0 Å². The normalized spacial score (nSPS) is 25.2. The lowest BCUT2D eigenvalue weighted by atomic mass is 9.91. The highest BCUT2D eigenvalue weighted by Crippen LogP contribution is 2.36. The first-order chi connectivity index (χ1) is 12.7. The summed E-state index contributed by atoms with van der Waals surface area (Å²) < 4.78 is 13.5. The maximum atomic E-state index is 13.5. The number of hydrogen-bond acceptors (Lipinski definition) is 2. The number of piperidine rings is 1. The molecule has 0 radical (unpaired) electrons. The van der Waals surface area contributed by atoms with E-state index in [0.29, 0.717) is 18.0 Å². The molecule has 1 saturated heterocycles. The number of nitrogens with zero attached hydrogens (tertiary/aromatic N) is 2. The highest BCUT2D eigenvalue weighted by molar-refractivity contribution is 5.80. The molecule has 1 aliphatic heterocycles. The molecule has 1 heterocycles. The molecular formula is C22H31FN2O. The minimum Gasteiger partial charge on any atom is -0.336 e. The van der Waals surface area contributed by atoms with E-state index in [4.69, 9.17) is 0 Å². The van der Waals surface area contributed by atoms with Crippen LogP contribution in [0.4, 0.5) is 4.39 Å². The first-order valence-corrected chi connectivity index (χ1v) is 10.5. The van der Waals surface area contributed by atoms with Crippen LogP contribution >= 0.6 is 0 Å². The molecule has 0 aromatic heterocycles. The van der Waals surface area contributed by atoms with Gasteiger partial charge in [0.05, 0.1) is 5.92 Å². The fourth-order valence-corrected chi connectivity index (χ4v) is 4.87. The van der Waals surface area contributed by atoms with Gasteiger partial charge >= 0.3 is 0 Å². The number of likely N-dealkylation sites (tertiary alicyclic amines) is 1. The Morgan fingerprint density at radius 2 is 1.81 bits per heavy atom. The second-order valence-electron chi connectivity index (χ2n) is 8.47. The van der Waals surface area contributed by atoms with Crippen LogP contribution in [0.1, 0.15) is 63.4 Å². The average molecular weight is 359 g/mol. The maximum absolute atomic E-state index is 13.5. The Labute approximate surface area is 156 Å². The zero-order valence-electron chi connectivity index (χ0n) is 15.7. The largest absolute Gasteiger partial charge is 0.336 e. The molecule has 2 saturated carbocycles. The van der Waals surface area contributed by atoms with Crippen molar-refractivity contribution in [3.8, 4) is 0 Å². The Balaban J connectivity index is 1.40. The van der Waals surface area contributed by atoms with Crippen molar-refractivity contribution in [2.24, 2.45) is 5.92 Å². The molecule has 3 nitrogen and oxygen atoms in total. The van der Waals surface area contributed by atoms with Gasteiger partial charge in [-0.3, -0.25) is 9.69 Å². The predicted octanol–water partition coefficient (Wildman–Crippen LogP) is 4.36. The first-order valence-electron chi connectivity index (χ1n) is 10.5. The molecular weight excluding hydrogens is 327 g/mol. The van der Waals surface area contributed by atoms with Crippen molar-refractivity contribution in [3.63, 3.8) is 0 Å². The molecule has 142 valence electrons. The number of carbonyl (C=O) groups is 1. The van der Waals surface area contributed by atoms with Gasteiger partial charge in [-0.2, -0.15) is 0 Å². The lowest BCUT2D eigenvalue weighted by Gasteiger charge is -2.39. The van der Waals surface area contributed by atoms with Gasteiger partial charge in [-0.15, -0.1) is 0 Å². The minimum absolute atomic E-state index is 0.125. The molecule has 1 amide bonds. The Kier molecular flexibility index (Phi) is 5.58. The van der Waals surface area contributed by atoms with Crippen molar-refractivity contribution < 1.29 is 9.18 Å². The van der Waals surface area contributed by atoms with Gasteiger partial charge in [0.15, 0.2) is 0 Å². The summed E-state index contributed by atoms with van der Waals surface area (Å²) in [5, 5.41) is 0. The van der Waals surface area contributed by atoms with E-state index in [1.165, 1.54) is 51.0 Å². The molecule has 3 aliphatic rings. The van der Waals surface area contributed by atoms with Gasteiger partial charge in [0, 0.05) is 25.2 Å². The van der Waals surface area contributed by atoms with Gasteiger partial charge in [-0.05, 0) is 62.8 Å². The van der Waals surface area contributed by atoms with Crippen LogP contribution in [-0.2, 0) is 11.3 Å². The predicted molar refractivity (Wildman–Crippen MR) is 101 cm³/mol. The SMILES string of the molecule is O=C(C1CCCN(Cc2cccc(F)c2)C1)N(C1CCCCC1)C1CC1. The van der Waals surface area contributed by atoms with Crippen LogP contribution in [0.5, 0.6) is 0 Å². The summed E-state index contributed by atoms with van der Waals surface area (Å²) in [6.45, 7) is 2.58. The number of carbonyl (C=O) groups excluding carboxylic acids is 1. The van der Waals surface area contributed by atoms with Crippen LogP contribution in [0.15, 0.2) is 24.3 Å². The summed E-state index contributed by atoms with van der Waals surface area (Å²) in [4.78, 5) is 18.0. The van der Waals surface area contributed by atoms with E-state index in [2.05, 4.69) is 9.80 Å². The molecule has 4 rings (SSSR count). The summed E-state index contributed by atoms with van der Waals surface area (Å²) >= 11 is 0. The standard InChI is InChI=1S/C22H31FN2O/c23-19-8-4-6-17(14-19)15-24-13-5-7-18(16-24)22(26)25(21-11-12-21)20-9-2-1-3-10-20/h4,6,8,14,18,20-21H,1-3,5,7,9-13,15-16H2. The van der Waals surface area contributed by atoms with Crippen LogP contribution in [0.3, 0.4) is 0 Å². The zero-order chi connectivity index (χ0) is 17.9. The Morgan fingerprint density at radius 1 is 1.04 bits per heavy atom. The number of amides is 1. The van der Waals surface area contributed by atoms with Crippen LogP contribution in [0, 0.1) is 11.7 Å². The van der Waals surface area contributed by atoms with E-state index in [-0.39, 0.29) is 11.7 Å². The highest BCUT2D eigenvalue weighted by atomic mass is 19.1. The number of halogens is 1. The molecule has 1 aromatic carbocycles. The second kappa shape index (κ2) is 8.08. The number of rotatable bonds is 5. The first kappa shape index (κ1) is 18.0. The Bertz CT molecular complexity index is 624. The summed E-state index contributed by atoms with van der Waals surface area (Å²) in [6, 6.07) is 7.86. The fourth-order valence-electron chi connectivity index (χ4n) is 4.87. The fraction of sp³-hybridized carbons (Fsp3) is 0.682. The van der Waals surface area contributed by atoms with E-state index >= 15 is 0 Å². The quantitative estimate of drug-likeness (QED) is 0.781. The summed E-state index contributed by atoms with van der Waals surface area (Å²) in [5.41, 5.74) is 1.00. The summed E-state index contributed by atoms with van der Waals surface area (Å²) in [5.74, 6) is 0.354. The van der Waals surface area contributed by atoms with Gasteiger partial charge in [-0.25, -0.2) is 4.39 Å². The maximum Gasteiger partial charge on any atom is 0.227 e. The van der Waals surface area contributed by atoms with Crippen molar-refractivity contribution in [3.05, 3.63) is 35.6 Å². The van der Waals surface area contributed by atoms with Gasteiger partial charge in [0.1, 0.15) is 5.82 Å². The van der Waals surface area contributed by atoms with Crippen molar-refractivity contribution in [2.45, 2.75) is 76.4 Å². The van der Waals surface area contributed by atoms with E-state index in [9.17, 15) is 9.18 Å². The van der Waals surface area contributed by atoms with Gasteiger partial charge < -0.3 is 4.90 Å². The smallest absolute Gasteiger partial charge is 0.227 e. The molecule has 4 heteroatoms. The third kappa shape index (κ3) is 4.28. The molecule has 1 unspecified atom stereocenters. The summed E-state index contributed by atoms with van der Waals surface area (Å²) in [6.07, 6.45) is 10.7. The average Bonchev–Trinajstić information content (AvgIpc) is 3.48. The number of hydrogen-bond donors (Lipinski definition) is 0. The minimum atomic E-state index is -0.177. The van der Waals surface area contributed by atoms with Crippen molar-refractivity contribution in [1.29, 1.82) is 0 Å². The highest BCUT2D eigenvalue weighted by Gasteiger charge is 2.41. The molecule has 1 atom stereocenters. The molecule has 3 fully saturated rings. The molecule has 1 aromatic rings. The van der Waals surface area contributed by atoms with Crippen LogP contribution in [-0.4, -0.2) is 40.9 Å². The van der Waals surface area contributed by atoms with E-state index in [0.717, 1.165) is 38.0 Å². The van der Waals surface area contributed by atoms with Crippen molar-refractivity contribution >= 4 is 5.91 Å². The molecule has 0 spiro atoms. The molecule has 0 N–H and O–H groups in total. The van der Waals surface area contributed by atoms with Gasteiger partial charge in [0.2, 0.25) is 5.91 Å².